The lowest BCUT2D eigenvalue weighted by atomic mass is 9.90. The second-order valence-electron chi connectivity index (χ2n) is 5.93. The van der Waals surface area contributed by atoms with Crippen molar-refractivity contribution in [1.29, 1.82) is 0 Å². The van der Waals surface area contributed by atoms with Crippen molar-refractivity contribution < 1.29 is 9.59 Å². The monoisotopic (exact) mass is 281 g/mol. The lowest BCUT2D eigenvalue weighted by Gasteiger charge is -2.28. The summed E-state index contributed by atoms with van der Waals surface area (Å²) in [5, 5.41) is 6.17. The maximum atomic E-state index is 12.1. The fourth-order valence-corrected chi connectivity index (χ4v) is 3.11. The Morgan fingerprint density at radius 2 is 2.05 bits per heavy atom. The minimum atomic E-state index is -0.0735. The Labute approximate surface area is 121 Å². The second-order valence-corrected chi connectivity index (χ2v) is 5.93. The van der Waals surface area contributed by atoms with Crippen LogP contribution in [0.25, 0.3) is 0 Å². The van der Waals surface area contributed by atoms with E-state index in [9.17, 15) is 9.59 Å². The lowest BCUT2D eigenvalue weighted by Crippen LogP contribution is -2.49. The van der Waals surface area contributed by atoms with Gasteiger partial charge in [0.1, 0.15) is 0 Å². The number of likely N-dealkylation sites (tertiary alicyclic amines) is 1. The van der Waals surface area contributed by atoms with E-state index in [1.54, 1.807) is 0 Å². The van der Waals surface area contributed by atoms with Gasteiger partial charge in [-0.05, 0) is 38.1 Å². The Balaban J connectivity index is 1.65. The number of hydrogen-bond acceptors (Lipinski definition) is 3. The molecule has 2 heterocycles. The first-order valence-corrected chi connectivity index (χ1v) is 7.99. The number of piperidine rings is 1. The topological polar surface area (TPSA) is 61.4 Å². The minimum Gasteiger partial charge on any atom is -0.354 e. The molecule has 5 heteroatoms. The first kappa shape index (κ1) is 15.3. The highest BCUT2D eigenvalue weighted by atomic mass is 16.2. The van der Waals surface area contributed by atoms with E-state index in [2.05, 4.69) is 17.6 Å². The summed E-state index contributed by atoms with van der Waals surface area (Å²) in [7, 11) is 0. The van der Waals surface area contributed by atoms with Crippen molar-refractivity contribution in [1.82, 2.24) is 15.5 Å². The van der Waals surface area contributed by atoms with Gasteiger partial charge in [0, 0.05) is 26.1 Å². The van der Waals surface area contributed by atoms with Crippen molar-refractivity contribution >= 4 is 11.8 Å². The molecule has 2 atom stereocenters. The highest BCUT2D eigenvalue weighted by Crippen LogP contribution is 2.19. The van der Waals surface area contributed by atoms with Gasteiger partial charge in [-0.3, -0.25) is 9.59 Å². The van der Waals surface area contributed by atoms with E-state index >= 15 is 0 Å². The van der Waals surface area contributed by atoms with E-state index < -0.39 is 0 Å². The minimum absolute atomic E-state index is 0.0531. The molecule has 5 nitrogen and oxygen atoms in total. The summed E-state index contributed by atoms with van der Waals surface area (Å²) < 4.78 is 0. The van der Waals surface area contributed by atoms with Crippen LogP contribution < -0.4 is 10.6 Å². The molecule has 2 rings (SSSR count). The van der Waals surface area contributed by atoms with Gasteiger partial charge in [0.25, 0.3) is 0 Å². The molecule has 0 spiro atoms. The third-order valence-electron chi connectivity index (χ3n) is 4.50. The average Bonchev–Trinajstić information content (AvgIpc) is 3.01. The molecule has 2 amide bonds. The maximum Gasteiger partial charge on any atom is 0.237 e. The Kier molecular flexibility index (Phi) is 5.83. The van der Waals surface area contributed by atoms with Crippen molar-refractivity contribution in [3.8, 4) is 0 Å². The third-order valence-corrected chi connectivity index (χ3v) is 4.50. The number of carbonyl (C=O) groups excluding carboxylic acids is 2. The molecular formula is C15H27N3O2. The number of hydrogen-bond donors (Lipinski definition) is 2. The Morgan fingerprint density at radius 3 is 2.75 bits per heavy atom. The van der Waals surface area contributed by atoms with Crippen LogP contribution in [0.4, 0.5) is 0 Å². The molecule has 0 aromatic carbocycles. The quantitative estimate of drug-likeness (QED) is 0.787. The molecule has 2 saturated heterocycles. The molecule has 0 saturated carbocycles. The predicted octanol–water partition coefficient (Wildman–Crippen LogP) is 0.893. The van der Waals surface area contributed by atoms with Gasteiger partial charge in [0.05, 0.1) is 6.04 Å². The van der Waals surface area contributed by atoms with Crippen LogP contribution >= 0.6 is 0 Å². The fraction of sp³-hybridized carbons (Fsp3) is 0.867. The van der Waals surface area contributed by atoms with Crippen LogP contribution in [0, 0.1) is 5.92 Å². The van der Waals surface area contributed by atoms with Crippen LogP contribution in [-0.2, 0) is 9.59 Å². The molecule has 2 fully saturated rings. The molecule has 2 aliphatic heterocycles. The van der Waals surface area contributed by atoms with Crippen LogP contribution in [0.2, 0.25) is 0 Å². The number of amides is 2. The van der Waals surface area contributed by atoms with Crippen LogP contribution in [0.15, 0.2) is 0 Å². The summed E-state index contributed by atoms with van der Waals surface area (Å²) in [6.07, 6.45) is 5.87. The smallest absolute Gasteiger partial charge is 0.237 e. The molecular weight excluding hydrogens is 254 g/mol. The number of carbonyl (C=O) groups is 2. The van der Waals surface area contributed by atoms with E-state index in [-0.39, 0.29) is 17.9 Å². The van der Waals surface area contributed by atoms with E-state index in [0.717, 1.165) is 51.7 Å². The zero-order valence-corrected chi connectivity index (χ0v) is 12.5. The van der Waals surface area contributed by atoms with Gasteiger partial charge in [-0.1, -0.05) is 13.3 Å². The van der Waals surface area contributed by atoms with Crippen molar-refractivity contribution in [3.63, 3.8) is 0 Å². The summed E-state index contributed by atoms with van der Waals surface area (Å²) >= 11 is 0. The molecule has 2 N–H and O–H groups in total. The molecule has 0 aliphatic carbocycles. The predicted molar refractivity (Wildman–Crippen MR) is 78.2 cm³/mol. The standard InChI is InChI=1S/C15H27N3O2/c1-2-12-5-7-16-13(11-12)15(20)17-8-6-14(19)18-9-3-4-10-18/h12-13,16H,2-11H2,1H3,(H,17,20). The van der Waals surface area contributed by atoms with E-state index in [1.165, 1.54) is 0 Å². The van der Waals surface area contributed by atoms with Crippen LogP contribution in [0.5, 0.6) is 0 Å². The zero-order chi connectivity index (χ0) is 14.4. The van der Waals surface area contributed by atoms with Crippen molar-refractivity contribution in [2.45, 2.75) is 51.5 Å². The largest absolute Gasteiger partial charge is 0.354 e. The number of nitrogens with one attached hydrogen (secondary N) is 2. The summed E-state index contributed by atoms with van der Waals surface area (Å²) in [4.78, 5) is 25.8. The van der Waals surface area contributed by atoms with Gasteiger partial charge in [0.15, 0.2) is 0 Å². The maximum absolute atomic E-state index is 12.1. The lowest BCUT2D eigenvalue weighted by molar-refractivity contribution is -0.130. The van der Waals surface area contributed by atoms with Crippen LogP contribution in [0.1, 0.15) is 45.4 Å². The number of rotatable bonds is 5. The third kappa shape index (κ3) is 4.20. The van der Waals surface area contributed by atoms with Crippen molar-refractivity contribution in [2.24, 2.45) is 5.92 Å². The number of nitrogens with zero attached hydrogens (tertiary/aromatic N) is 1. The molecule has 2 aliphatic rings. The fourth-order valence-electron chi connectivity index (χ4n) is 3.11. The molecule has 0 aromatic rings. The van der Waals surface area contributed by atoms with Crippen molar-refractivity contribution in [3.05, 3.63) is 0 Å². The first-order chi connectivity index (χ1) is 9.70. The SMILES string of the molecule is CCC1CCNC(C(=O)NCCC(=O)N2CCCC2)C1. The van der Waals surface area contributed by atoms with Gasteiger partial charge >= 0.3 is 0 Å². The normalized spacial score (nSPS) is 26.6. The highest BCUT2D eigenvalue weighted by molar-refractivity contribution is 5.83. The molecule has 0 aromatic heterocycles. The summed E-state index contributed by atoms with van der Waals surface area (Å²) in [5.41, 5.74) is 0. The summed E-state index contributed by atoms with van der Waals surface area (Å²) in [5.74, 6) is 0.876. The zero-order valence-electron chi connectivity index (χ0n) is 12.5. The van der Waals surface area contributed by atoms with Crippen molar-refractivity contribution in [2.75, 3.05) is 26.2 Å². The molecule has 114 valence electrons. The molecule has 0 radical (unpaired) electrons. The van der Waals surface area contributed by atoms with Gasteiger partial charge in [-0.2, -0.15) is 0 Å². The van der Waals surface area contributed by atoms with E-state index in [4.69, 9.17) is 0 Å². The molecule has 2 unspecified atom stereocenters. The molecule has 0 bridgehead atoms. The van der Waals surface area contributed by atoms with Crippen LogP contribution in [-0.4, -0.2) is 48.9 Å². The average molecular weight is 281 g/mol. The Bertz CT molecular complexity index is 340. The Hall–Kier alpha value is -1.10. The van der Waals surface area contributed by atoms with Gasteiger partial charge in [-0.15, -0.1) is 0 Å². The Morgan fingerprint density at radius 1 is 1.30 bits per heavy atom. The van der Waals surface area contributed by atoms with Crippen LogP contribution in [0.3, 0.4) is 0 Å². The first-order valence-electron chi connectivity index (χ1n) is 7.99. The summed E-state index contributed by atoms with van der Waals surface area (Å²) in [6.45, 7) is 5.33. The van der Waals surface area contributed by atoms with Gasteiger partial charge in [0.2, 0.25) is 11.8 Å². The van der Waals surface area contributed by atoms with E-state index in [1.807, 2.05) is 4.90 Å². The van der Waals surface area contributed by atoms with E-state index in [0.29, 0.717) is 18.9 Å². The van der Waals surface area contributed by atoms with Gasteiger partial charge in [-0.25, -0.2) is 0 Å². The second kappa shape index (κ2) is 7.62. The highest BCUT2D eigenvalue weighted by Gasteiger charge is 2.26. The molecule has 20 heavy (non-hydrogen) atoms. The van der Waals surface area contributed by atoms with Gasteiger partial charge < -0.3 is 15.5 Å². The summed E-state index contributed by atoms with van der Waals surface area (Å²) in [6, 6.07) is -0.0735.